The lowest BCUT2D eigenvalue weighted by Crippen LogP contribution is -2.37. The van der Waals surface area contributed by atoms with E-state index < -0.39 is 0 Å². The number of thioether (sulfide) groups is 2. The predicted molar refractivity (Wildman–Crippen MR) is 108 cm³/mol. The van der Waals surface area contributed by atoms with E-state index in [0.29, 0.717) is 10.6 Å². The molecule has 0 saturated carbocycles. The van der Waals surface area contributed by atoms with Crippen molar-refractivity contribution in [1.82, 2.24) is 10.2 Å². The molecule has 2 aliphatic heterocycles. The molecule has 0 spiro atoms. The Morgan fingerprint density at radius 3 is 2.92 bits per heavy atom. The summed E-state index contributed by atoms with van der Waals surface area (Å²) < 4.78 is 14.7. The van der Waals surface area contributed by atoms with Crippen molar-refractivity contribution in [1.29, 1.82) is 0 Å². The van der Waals surface area contributed by atoms with E-state index >= 15 is 0 Å². The Labute approximate surface area is 162 Å². The monoisotopic (exact) mass is 398 g/mol. The molecule has 0 bridgehead atoms. The zero-order valence-corrected chi connectivity index (χ0v) is 16.7. The second kappa shape index (κ2) is 8.73. The number of nitrogens with one attached hydrogen (secondary N) is 1. The molecule has 1 saturated heterocycles. The molecule has 1 fully saturated rings. The molecule has 25 heavy (non-hydrogen) atoms. The zero-order chi connectivity index (χ0) is 17.8. The number of thiocarbonyl (C=S) groups is 1. The highest BCUT2D eigenvalue weighted by Crippen LogP contribution is 2.37. The molecular formula is C18H23FN2OS3. The lowest BCUT2D eigenvalue weighted by atomic mass is 10.00. The van der Waals surface area contributed by atoms with Crippen LogP contribution in [0.2, 0.25) is 0 Å². The highest BCUT2D eigenvalue weighted by molar-refractivity contribution is 8.23. The average Bonchev–Trinajstić information content (AvgIpc) is 2.61. The molecule has 0 aliphatic carbocycles. The third-order valence-electron chi connectivity index (χ3n) is 4.73. The van der Waals surface area contributed by atoms with Crippen LogP contribution in [0.1, 0.15) is 37.8 Å². The van der Waals surface area contributed by atoms with Crippen LogP contribution in [-0.2, 0) is 4.79 Å². The standard InChI is InChI=1S/C18H23FN2OS3/c1-12-5-8-21(9-6-12)18(23)25-11-16(22)20-15-7-10-24-17-13(15)3-2-4-14(17)19/h2-4,12,15H,5-11H2,1H3,(H,20,22)/t15-/m1/s1. The molecular weight excluding hydrogens is 375 g/mol. The predicted octanol–water partition coefficient (Wildman–Crippen LogP) is 4.23. The van der Waals surface area contributed by atoms with Gasteiger partial charge in [0, 0.05) is 23.7 Å². The van der Waals surface area contributed by atoms with Gasteiger partial charge in [-0.05, 0) is 36.8 Å². The fraction of sp³-hybridized carbons (Fsp3) is 0.556. The Kier molecular flexibility index (Phi) is 6.63. The summed E-state index contributed by atoms with van der Waals surface area (Å²) in [4.78, 5) is 15.2. The number of hydrogen-bond acceptors (Lipinski definition) is 4. The van der Waals surface area contributed by atoms with Crippen molar-refractivity contribution in [2.75, 3.05) is 24.6 Å². The second-order valence-corrected chi connectivity index (χ2v) is 9.35. The van der Waals surface area contributed by atoms with E-state index in [0.717, 1.165) is 53.9 Å². The zero-order valence-electron chi connectivity index (χ0n) is 14.3. The highest BCUT2D eigenvalue weighted by Gasteiger charge is 2.25. The highest BCUT2D eigenvalue weighted by atomic mass is 32.2. The number of nitrogens with zero attached hydrogens (tertiary/aromatic N) is 1. The molecule has 3 nitrogen and oxygen atoms in total. The fourth-order valence-corrected chi connectivity index (χ4v) is 5.39. The maximum atomic E-state index is 13.9. The minimum Gasteiger partial charge on any atom is -0.357 e. The molecule has 1 aromatic rings. The Balaban J connectivity index is 1.50. The Hall–Kier alpha value is -0.790. The Morgan fingerprint density at radius 2 is 2.16 bits per heavy atom. The lowest BCUT2D eigenvalue weighted by molar-refractivity contribution is -0.119. The number of likely N-dealkylation sites (tertiary alicyclic amines) is 1. The van der Waals surface area contributed by atoms with Gasteiger partial charge in [-0.3, -0.25) is 4.79 Å². The summed E-state index contributed by atoms with van der Waals surface area (Å²) in [6.07, 6.45) is 3.15. The van der Waals surface area contributed by atoms with Crippen LogP contribution in [0.5, 0.6) is 0 Å². The van der Waals surface area contributed by atoms with Crippen molar-refractivity contribution in [2.24, 2.45) is 5.92 Å². The summed E-state index contributed by atoms with van der Waals surface area (Å²) in [5.74, 6) is 1.66. The topological polar surface area (TPSA) is 32.3 Å². The normalized spacial score (nSPS) is 20.9. The fourth-order valence-electron chi connectivity index (χ4n) is 3.18. The van der Waals surface area contributed by atoms with Crippen molar-refractivity contribution in [3.05, 3.63) is 29.6 Å². The van der Waals surface area contributed by atoms with Crippen molar-refractivity contribution < 1.29 is 9.18 Å². The molecule has 1 amide bonds. The van der Waals surface area contributed by atoms with E-state index in [1.165, 1.54) is 29.6 Å². The van der Waals surface area contributed by atoms with Gasteiger partial charge in [0.15, 0.2) is 0 Å². The van der Waals surface area contributed by atoms with Crippen LogP contribution >= 0.6 is 35.7 Å². The quantitative estimate of drug-likeness (QED) is 0.771. The van der Waals surface area contributed by atoms with Crippen molar-refractivity contribution >= 4 is 46.0 Å². The number of amides is 1. The van der Waals surface area contributed by atoms with E-state index in [4.69, 9.17) is 12.2 Å². The van der Waals surface area contributed by atoms with Crippen LogP contribution in [0.3, 0.4) is 0 Å². The number of hydrogen-bond donors (Lipinski definition) is 1. The van der Waals surface area contributed by atoms with Crippen LogP contribution in [0.4, 0.5) is 4.39 Å². The van der Waals surface area contributed by atoms with Gasteiger partial charge in [-0.1, -0.05) is 43.0 Å². The van der Waals surface area contributed by atoms with Crippen molar-refractivity contribution in [2.45, 2.75) is 37.1 Å². The first-order valence-electron chi connectivity index (χ1n) is 8.67. The van der Waals surface area contributed by atoms with Gasteiger partial charge < -0.3 is 10.2 Å². The summed E-state index contributed by atoms with van der Waals surface area (Å²) in [6, 6.07) is 4.98. The lowest BCUT2D eigenvalue weighted by Gasteiger charge is -2.32. The largest absolute Gasteiger partial charge is 0.357 e. The number of fused-ring (bicyclic) bond motifs is 1. The van der Waals surface area contributed by atoms with Gasteiger partial charge in [-0.2, -0.15) is 0 Å². The summed E-state index contributed by atoms with van der Waals surface area (Å²) in [7, 11) is 0. The molecule has 0 unspecified atom stereocenters. The molecule has 0 radical (unpaired) electrons. The van der Waals surface area contributed by atoms with E-state index in [9.17, 15) is 9.18 Å². The summed E-state index contributed by atoms with van der Waals surface area (Å²) in [5, 5.41) is 3.05. The molecule has 1 N–H and O–H groups in total. The molecule has 7 heteroatoms. The number of carbonyl (C=O) groups is 1. The first-order valence-corrected chi connectivity index (χ1v) is 11.0. The molecule has 1 aromatic carbocycles. The van der Waals surface area contributed by atoms with Crippen LogP contribution in [0, 0.1) is 11.7 Å². The van der Waals surface area contributed by atoms with Gasteiger partial charge in [0.1, 0.15) is 10.1 Å². The summed E-state index contributed by atoms with van der Waals surface area (Å²) in [6.45, 7) is 4.24. The molecule has 1 atom stereocenters. The smallest absolute Gasteiger partial charge is 0.230 e. The van der Waals surface area contributed by atoms with Gasteiger partial charge in [0.2, 0.25) is 5.91 Å². The summed E-state index contributed by atoms with van der Waals surface area (Å²) in [5.41, 5.74) is 0.891. The maximum absolute atomic E-state index is 13.9. The van der Waals surface area contributed by atoms with E-state index in [2.05, 4.69) is 17.1 Å². The third kappa shape index (κ3) is 4.89. The van der Waals surface area contributed by atoms with Crippen LogP contribution in [0.15, 0.2) is 23.1 Å². The minimum atomic E-state index is -0.198. The molecule has 3 rings (SSSR count). The maximum Gasteiger partial charge on any atom is 0.230 e. The van der Waals surface area contributed by atoms with Crippen molar-refractivity contribution in [3.63, 3.8) is 0 Å². The molecule has 136 valence electrons. The number of halogens is 1. The minimum absolute atomic E-state index is 0.0372. The van der Waals surface area contributed by atoms with Gasteiger partial charge in [-0.15, -0.1) is 11.8 Å². The number of rotatable bonds is 3. The van der Waals surface area contributed by atoms with Gasteiger partial charge in [-0.25, -0.2) is 4.39 Å². The van der Waals surface area contributed by atoms with Gasteiger partial charge >= 0.3 is 0 Å². The Bertz CT molecular complexity index is 647. The number of piperidine rings is 1. The van der Waals surface area contributed by atoms with E-state index in [-0.39, 0.29) is 17.8 Å². The van der Waals surface area contributed by atoms with Crippen LogP contribution in [0.25, 0.3) is 0 Å². The van der Waals surface area contributed by atoms with Crippen molar-refractivity contribution in [3.8, 4) is 0 Å². The van der Waals surface area contributed by atoms with Crippen LogP contribution in [-0.4, -0.2) is 39.7 Å². The SMILES string of the molecule is CC1CCN(C(=S)SCC(=O)N[C@@H]2CCSc3c(F)cccc32)CC1. The number of carbonyl (C=O) groups excluding carboxylic acids is 1. The van der Waals surface area contributed by atoms with Gasteiger partial charge in [0.05, 0.1) is 11.8 Å². The van der Waals surface area contributed by atoms with E-state index in [1.807, 2.05) is 6.07 Å². The first kappa shape index (κ1) is 19.0. The molecule has 2 heterocycles. The molecule has 2 aliphatic rings. The molecule has 0 aromatic heterocycles. The van der Waals surface area contributed by atoms with E-state index in [1.54, 1.807) is 6.07 Å². The van der Waals surface area contributed by atoms with Crippen LogP contribution < -0.4 is 5.32 Å². The summed E-state index contributed by atoms with van der Waals surface area (Å²) >= 11 is 8.43. The number of benzene rings is 1. The van der Waals surface area contributed by atoms with Gasteiger partial charge in [0.25, 0.3) is 0 Å². The third-order valence-corrected chi connectivity index (χ3v) is 7.41. The average molecular weight is 399 g/mol. The second-order valence-electron chi connectivity index (χ2n) is 6.64. The first-order chi connectivity index (χ1) is 12.0. The Morgan fingerprint density at radius 1 is 1.40 bits per heavy atom.